The molecule has 0 aromatic heterocycles. The molecule has 19 heavy (non-hydrogen) atoms. The number of para-hydroxylation sites is 1. The zero-order valence-corrected chi connectivity index (χ0v) is 13.3. The predicted octanol–water partition coefficient (Wildman–Crippen LogP) is 3.22. The lowest BCUT2D eigenvalue weighted by molar-refractivity contribution is -0.152. The first-order valence-corrected chi connectivity index (χ1v) is 6.97. The van der Waals surface area contributed by atoms with Gasteiger partial charge in [-0.15, -0.1) is 0 Å². The number of hydrogen-bond donors (Lipinski definition) is 1. The predicted molar refractivity (Wildman–Crippen MR) is 79.3 cm³/mol. The van der Waals surface area contributed by atoms with Crippen LogP contribution in [0.3, 0.4) is 0 Å². The van der Waals surface area contributed by atoms with Crippen molar-refractivity contribution in [2.45, 2.75) is 32.4 Å². The Morgan fingerprint density at radius 2 is 2.11 bits per heavy atom. The number of benzene rings is 1. The Morgan fingerprint density at radius 1 is 1.47 bits per heavy atom. The molecule has 0 bridgehead atoms. The van der Waals surface area contributed by atoms with Gasteiger partial charge in [0.1, 0.15) is 0 Å². The molecule has 1 aromatic carbocycles. The second-order valence-electron chi connectivity index (χ2n) is 4.41. The third-order valence-corrected chi connectivity index (χ3v) is 3.83. The maximum absolute atomic E-state index is 12.2. The van der Waals surface area contributed by atoms with E-state index < -0.39 is 5.54 Å². The zero-order valence-electron chi connectivity index (χ0n) is 11.7. The minimum Gasteiger partial charge on any atom is -0.464 e. The van der Waals surface area contributed by atoms with E-state index in [0.717, 1.165) is 10.2 Å². The molecule has 0 aliphatic heterocycles. The summed E-state index contributed by atoms with van der Waals surface area (Å²) in [5, 5.41) is 3.21. The standard InChI is InChI=1S/C14H20BrNO3/c1-5-19-13(17)14(3,10(2)18-4)16-12-9-7-6-8-11(12)15/h6-10,16H,5H2,1-4H3. The third kappa shape index (κ3) is 3.70. The minimum absolute atomic E-state index is 0.333. The SMILES string of the molecule is CCOC(=O)C(C)(Nc1ccccc1Br)C(C)OC. The number of carbonyl (C=O) groups excluding carboxylic acids is 1. The van der Waals surface area contributed by atoms with Gasteiger partial charge in [0.2, 0.25) is 0 Å². The molecule has 0 spiro atoms. The normalized spacial score (nSPS) is 15.4. The van der Waals surface area contributed by atoms with Crippen LogP contribution in [-0.4, -0.2) is 31.3 Å². The lowest BCUT2D eigenvalue weighted by Gasteiger charge is -2.34. The van der Waals surface area contributed by atoms with Crippen LogP contribution in [0.15, 0.2) is 28.7 Å². The second kappa shape index (κ2) is 6.91. The van der Waals surface area contributed by atoms with E-state index in [1.807, 2.05) is 31.2 Å². The molecular weight excluding hydrogens is 310 g/mol. The maximum Gasteiger partial charge on any atom is 0.334 e. The van der Waals surface area contributed by atoms with Crippen molar-refractivity contribution >= 4 is 27.6 Å². The van der Waals surface area contributed by atoms with E-state index in [1.54, 1.807) is 21.0 Å². The summed E-state index contributed by atoms with van der Waals surface area (Å²) >= 11 is 3.45. The molecule has 0 saturated heterocycles. The molecule has 0 heterocycles. The van der Waals surface area contributed by atoms with Gasteiger partial charge in [-0.3, -0.25) is 0 Å². The fourth-order valence-corrected chi connectivity index (χ4v) is 2.06. The smallest absolute Gasteiger partial charge is 0.334 e. The number of ether oxygens (including phenoxy) is 2. The summed E-state index contributed by atoms with van der Waals surface area (Å²) in [5.74, 6) is -0.333. The first-order chi connectivity index (χ1) is 8.95. The molecule has 0 aliphatic rings. The van der Waals surface area contributed by atoms with Gasteiger partial charge in [0.25, 0.3) is 0 Å². The van der Waals surface area contributed by atoms with Crippen LogP contribution in [0, 0.1) is 0 Å². The van der Waals surface area contributed by atoms with Crippen molar-refractivity contribution < 1.29 is 14.3 Å². The highest BCUT2D eigenvalue weighted by Crippen LogP contribution is 2.28. The maximum atomic E-state index is 12.2. The van der Waals surface area contributed by atoms with Crippen molar-refractivity contribution in [3.05, 3.63) is 28.7 Å². The molecule has 0 saturated carbocycles. The van der Waals surface area contributed by atoms with Gasteiger partial charge >= 0.3 is 5.97 Å². The lowest BCUT2D eigenvalue weighted by Crippen LogP contribution is -2.53. The van der Waals surface area contributed by atoms with E-state index in [0.29, 0.717) is 6.61 Å². The van der Waals surface area contributed by atoms with Gasteiger partial charge in [0, 0.05) is 17.3 Å². The van der Waals surface area contributed by atoms with Crippen molar-refractivity contribution in [1.82, 2.24) is 0 Å². The summed E-state index contributed by atoms with van der Waals surface area (Å²) in [5.41, 5.74) is -0.129. The van der Waals surface area contributed by atoms with Crippen molar-refractivity contribution in [2.24, 2.45) is 0 Å². The number of nitrogens with one attached hydrogen (secondary N) is 1. The molecule has 5 heteroatoms. The highest BCUT2D eigenvalue weighted by molar-refractivity contribution is 9.10. The van der Waals surface area contributed by atoms with Gasteiger partial charge in [-0.25, -0.2) is 4.79 Å². The van der Waals surface area contributed by atoms with E-state index in [4.69, 9.17) is 9.47 Å². The van der Waals surface area contributed by atoms with E-state index >= 15 is 0 Å². The Hall–Kier alpha value is -1.07. The number of methoxy groups -OCH3 is 1. The molecule has 0 radical (unpaired) electrons. The van der Waals surface area contributed by atoms with E-state index in [2.05, 4.69) is 21.2 Å². The number of hydrogen-bond acceptors (Lipinski definition) is 4. The van der Waals surface area contributed by atoms with Crippen LogP contribution in [0.2, 0.25) is 0 Å². The highest BCUT2D eigenvalue weighted by atomic mass is 79.9. The number of halogens is 1. The Bertz CT molecular complexity index is 438. The lowest BCUT2D eigenvalue weighted by atomic mass is 9.95. The van der Waals surface area contributed by atoms with Crippen molar-refractivity contribution in [1.29, 1.82) is 0 Å². The fraction of sp³-hybridized carbons (Fsp3) is 0.500. The van der Waals surface area contributed by atoms with Crippen LogP contribution in [0.5, 0.6) is 0 Å². The van der Waals surface area contributed by atoms with Crippen molar-refractivity contribution in [3.63, 3.8) is 0 Å². The van der Waals surface area contributed by atoms with Gasteiger partial charge in [0.15, 0.2) is 5.54 Å². The molecule has 1 rings (SSSR count). The number of esters is 1. The van der Waals surface area contributed by atoms with E-state index in [1.165, 1.54) is 0 Å². The van der Waals surface area contributed by atoms with Crippen LogP contribution in [0.4, 0.5) is 5.69 Å². The van der Waals surface area contributed by atoms with Crippen LogP contribution in [0.25, 0.3) is 0 Å². The van der Waals surface area contributed by atoms with Crippen LogP contribution in [0.1, 0.15) is 20.8 Å². The van der Waals surface area contributed by atoms with Gasteiger partial charge in [0.05, 0.1) is 12.7 Å². The molecule has 0 amide bonds. The summed E-state index contributed by atoms with van der Waals surface area (Å²) in [7, 11) is 1.57. The van der Waals surface area contributed by atoms with Gasteiger partial charge in [-0.1, -0.05) is 12.1 Å². The summed E-state index contributed by atoms with van der Waals surface area (Å²) in [6.07, 6.45) is -0.335. The largest absolute Gasteiger partial charge is 0.464 e. The zero-order chi connectivity index (χ0) is 14.5. The molecule has 2 unspecified atom stereocenters. The van der Waals surface area contributed by atoms with E-state index in [-0.39, 0.29) is 12.1 Å². The summed E-state index contributed by atoms with van der Waals surface area (Å²) in [6, 6.07) is 7.61. The molecule has 2 atom stereocenters. The molecule has 1 aromatic rings. The third-order valence-electron chi connectivity index (χ3n) is 3.13. The monoisotopic (exact) mass is 329 g/mol. The summed E-state index contributed by atoms with van der Waals surface area (Å²) in [6.45, 7) is 5.73. The van der Waals surface area contributed by atoms with Crippen LogP contribution >= 0.6 is 15.9 Å². The Morgan fingerprint density at radius 3 is 2.63 bits per heavy atom. The van der Waals surface area contributed by atoms with Crippen molar-refractivity contribution in [2.75, 3.05) is 19.0 Å². The first-order valence-electron chi connectivity index (χ1n) is 6.18. The average molecular weight is 330 g/mol. The van der Waals surface area contributed by atoms with Crippen molar-refractivity contribution in [3.8, 4) is 0 Å². The van der Waals surface area contributed by atoms with Gasteiger partial charge < -0.3 is 14.8 Å². The quantitative estimate of drug-likeness (QED) is 0.814. The average Bonchev–Trinajstić information content (AvgIpc) is 2.40. The van der Waals surface area contributed by atoms with Crippen LogP contribution in [-0.2, 0) is 14.3 Å². The molecule has 106 valence electrons. The molecule has 1 N–H and O–H groups in total. The van der Waals surface area contributed by atoms with Crippen LogP contribution < -0.4 is 5.32 Å². The Kier molecular flexibility index (Phi) is 5.82. The molecular formula is C14H20BrNO3. The van der Waals surface area contributed by atoms with Gasteiger partial charge in [-0.05, 0) is 48.8 Å². The minimum atomic E-state index is -0.950. The number of rotatable bonds is 6. The Labute approximate surface area is 122 Å². The fourth-order valence-electron chi connectivity index (χ4n) is 1.68. The summed E-state index contributed by atoms with van der Waals surface area (Å²) < 4.78 is 11.3. The summed E-state index contributed by atoms with van der Waals surface area (Å²) in [4.78, 5) is 12.2. The topological polar surface area (TPSA) is 47.6 Å². The molecule has 0 fully saturated rings. The molecule has 0 aliphatic carbocycles. The second-order valence-corrected chi connectivity index (χ2v) is 5.26. The van der Waals surface area contributed by atoms with E-state index in [9.17, 15) is 4.79 Å². The first kappa shape index (κ1) is 16.0. The number of carbonyl (C=O) groups is 1. The Balaban J connectivity index is 3.05. The highest BCUT2D eigenvalue weighted by Gasteiger charge is 2.41. The van der Waals surface area contributed by atoms with Gasteiger partial charge in [-0.2, -0.15) is 0 Å². The number of anilines is 1. The molecule has 4 nitrogen and oxygen atoms in total.